The highest BCUT2D eigenvalue weighted by atomic mass is 15.3. The number of hydrogen-bond acceptors (Lipinski definition) is 4. The molecule has 0 amide bonds. The van der Waals surface area contributed by atoms with Crippen molar-refractivity contribution < 1.29 is 0 Å². The molecule has 0 saturated carbocycles. The van der Waals surface area contributed by atoms with Gasteiger partial charge in [-0.2, -0.15) is 0 Å². The van der Waals surface area contributed by atoms with Crippen LogP contribution in [0.15, 0.2) is 0 Å². The summed E-state index contributed by atoms with van der Waals surface area (Å²) in [7, 11) is 2.24. The van der Waals surface area contributed by atoms with Gasteiger partial charge >= 0.3 is 0 Å². The molecule has 0 spiro atoms. The van der Waals surface area contributed by atoms with E-state index in [1.165, 1.54) is 65.3 Å². The first-order chi connectivity index (χ1) is 7.84. The topological polar surface area (TPSA) is 21.8 Å². The van der Waals surface area contributed by atoms with Gasteiger partial charge in [-0.3, -0.25) is 9.80 Å². The van der Waals surface area contributed by atoms with Crippen molar-refractivity contribution in [2.24, 2.45) is 0 Å². The highest BCUT2D eigenvalue weighted by Gasteiger charge is 2.17. The number of nitrogens with zero attached hydrogens (tertiary/aromatic N) is 3. The molecule has 2 saturated heterocycles. The normalized spacial score (nSPS) is 35.1. The van der Waals surface area contributed by atoms with Gasteiger partial charge in [-0.15, -0.1) is 0 Å². The maximum Gasteiger partial charge on any atom is 0.0507 e. The molecular weight excluding hydrogens is 200 g/mol. The van der Waals surface area contributed by atoms with E-state index in [2.05, 4.69) is 27.1 Å². The average molecular weight is 226 g/mol. The lowest BCUT2D eigenvalue weighted by Gasteiger charge is -2.36. The Morgan fingerprint density at radius 2 is 1.56 bits per heavy atom. The zero-order valence-electron chi connectivity index (χ0n) is 10.6. The second-order valence-corrected chi connectivity index (χ2v) is 5.14. The van der Waals surface area contributed by atoms with Crippen molar-refractivity contribution in [3.63, 3.8) is 0 Å². The Balaban J connectivity index is 1.82. The van der Waals surface area contributed by atoms with Gasteiger partial charge in [0.1, 0.15) is 0 Å². The minimum atomic E-state index is 1.15. The number of rotatable bonds is 0. The highest BCUT2D eigenvalue weighted by molar-refractivity contribution is 4.71. The first-order valence-corrected chi connectivity index (χ1v) is 6.68. The first kappa shape index (κ1) is 12.3. The second-order valence-electron chi connectivity index (χ2n) is 5.14. The fourth-order valence-electron chi connectivity index (χ4n) is 2.57. The Bertz CT molecular complexity index is 197. The lowest BCUT2D eigenvalue weighted by molar-refractivity contribution is 0.0774. The lowest BCUT2D eigenvalue weighted by Crippen LogP contribution is -2.49. The van der Waals surface area contributed by atoms with Crippen LogP contribution in [0, 0.1) is 0 Å². The number of fused-ring (bicyclic) bond motifs is 2. The van der Waals surface area contributed by atoms with Crippen LogP contribution in [0.25, 0.3) is 0 Å². The Labute approximate surface area is 99.6 Å². The highest BCUT2D eigenvalue weighted by Crippen LogP contribution is 2.05. The maximum absolute atomic E-state index is 3.54. The van der Waals surface area contributed by atoms with E-state index in [0.29, 0.717) is 0 Å². The molecule has 0 radical (unpaired) electrons. The van der Waals surface area contributed by atoms with E-state index in [4.69, 9.17) is 0 Å². The summed E-state index contributed by atoms with van der Waals surface area (Å²) in [6, 6.07) is 0. The molecule has 2 unspecified atom stereocenters. The van der Waals surface area contributed by atoms with E-state index in [1.807, 2.05) is 0 Å². The van der Waals surface area contributed by atoms with Gasteiger partial charge in [0.2, 0.25) is 0 Å². The van der Waals surface area contributed by atoms with Crippen LogP contribution in [-0.2, 0) is 0 Å². The third kappa shape index (κ3) is 4.01. The molecule has 0 aliphatic carbocycles. The van der Waals surface area contributed by atoms with Crippen molar-refractivity contribution in [1.82, 2.24) is 20.0 Å². The summed E-state index contributed by atoms with van der Waals surface area (Å²) in [5, 5.41) is 3.54. The van der Waals surface area contributed by atoms with E-state index in [1.54, 1.807) is 0 Å². The van der Waals surface area contributed by atoms with Crippen molar-refractivity contribution in [3.05, 3.63) is 0 Å². The van der Waals surface area contributed by atoms with Crippen LogP contribution in [0.5, 0.6) is 0 Å². The minimum absolute atomic E-state index is 1.15. The Morgan fingerprint density at radius 1 is 0.750 bits per heavy atom. The molecule has 2 aliphatic heterocycles. The number of hydrogen-bond donors (Lipinski definition) is 1. The van der Waals surface area contributed by atoms with E-state index in [9.17, 15) is 0 Å². The van der Waals surface area contributed by atoms with E-state index in [-0.39, 0.29) is 0 Å². The van der Waals surface area contributed by atoms with Crippen molar-refractivity contribution in [1.29, 1.82) is 0 Å². The van der Waals surface area contributed by atoms with Crippen molar-refractivity contribution in [2.45, 2.75) is 12.8 Å². The van der Waals surface area contributed by atoms with Crippen LogP contribution in [0.4, 0.5) is 0 Å². The average Bonchev–Trinajstić information content (AvgIpc) is 2.30. The molecule has 2 heterocycles. The van der Waals surface area contributed by atoms with E-state index < -0.39 is 0 Å². The quantitative estimate of drug-likeness (QED) is 0.621. The van der Waals surface area contributed by atoms with Gasteiger partial charge < -0.3 is 10.2 Å². The summed E-state index contributed by atoms with van der Waals surface area (Å²) in [5.41, 5.74) is 0. The van der Waals surface area contributed by atoms with Crippen LogP contribution < -0.4 is 5.32 Å². The molecule has 0 aromatic carbocycles. The molecule has 2 aliphatic rings. The van der Waals surface area contributed by atoms with Gasteiger partial charge in [-0.05, 0) is 33.0 Å². The molecule has 2 atom stereocenters. The number of nitrogens with one attached hydrogen (secondary N) is 1. The van der Waals surface area contributed by atoms with Crippen LogP contribution in [0.2, 0.25) is 0 Å². The van der Waals surface area contributed by atoms with Crippen molar-refractivity contribution >= 4 is 0 Å². The van der Waals surface area contributed by atoms with Gasteiger partial charge in [0.05, 0.1) is 6.67 Å². The summed E-state index contributed by atoms with van der Waals surface area (Å²) in [6.07, 6.45) is 2.61. The molecule has 1 N–H and O–H groups in total. The Morgan fingerprint density at radius 3 is 2.44 bits per heavy atom. The Kier molecular flexibility index (Phi) is 5.03. The fourth-order valence-corrected chi connectivity index (χ4v) is 2.57. The predicted octanol–water partition coefficient (Wildman–Crippen LogP) is -0.123. The van der Waals surface area contributed by atoms with Gasteiger partial charge in [0.15, 0.2) is 0 Å². The minimum Gasteiger partial charge on any atom is -0.315 e. The third-order valence-electron chi connectivity index (χ3n) is 3.64. The van der Waals surface area contributed by atoms with Gasteiger partial charge in [0.25, 0.3) is 0 Å². The predicted molar refractivity (Wildman–Crippen MR) is 67.6 cm³/mol. The van der Waals surface area contributed by atoms with Crippen LogP contribution in [0.3, 0.4) is 0 Å². The fraction of sp³-hybridized carbons (Fsp3) is 1.00. The monoisotopic (exact) mass is 226 g/mol. The molecular formula is C12H26N4. The molecule has 94 valence electrons. The smallest absolute Gasteiger partial charge is 0.0507 e. The van der Waals surface area contributed by atoms with Crippen LogP contribution in [-0.4, -0.2) is 80.8 Å². The van der Waals surface area contributed by atoms with E-state index >= 15 is 0 Å². The number of likely N-dealkylation sites (N-methyl/N-ethyl adjacent to an activating group) is 1. The van der Waals surface area contributed by atoms with Crippen LogP contribution in [0.1, 0.15) is 12.8 Å². The largest absolute Gasteiger partial charge is 0.315 e. The van der Waals surface area contributed by atoms with Gasteiger partial charge in [-0.1, -0.05) is 0 Å². The van der Waals surface area contributed by atoms with Gasteiger partial charge in [-0.25, -0.2) is 0 Å². The molecule has 16 heavy (non-hydrogen) atoms. The summed E-state index contributed by atoms with van der Waals surface area (Å²) >= 11 is 0. The second kappa shape index (κ2) is 6.55. The molecule has 2 rings (SSSR count). The molecule has 4 nitrogen and oxygen atoms in total. The molecule has 2 fully saturated rings. The third-order valence-corrected chi connectivity index (χ3v) is 3.64. The summed E-state index contributed by atoms with van der Waals surface area (Å²) < 4.78 is 0. The Hall–Kier alpha value is -0.160. The zero-order valence-corrected chi connectivity index (χ0v) is 10.6. The zero-order chi connectivity index (χ0) is 11.2. The van der Waals surface area contributed by atoms with Crippen molar-refractivity contribution in [3.8, 4) is 0 Å². The maximum atomic E-state index is 3.54. The van der Waals surface area contributed by atoms with Crippen molar-refractivity contribution in [2.75, 3.05) is 66.1 Å². The SMILES string of the molecule is CN1CCCNCCN2CCCN(CC1)C2. The van der Waals surface area contributed by atoms with Gasteiger partial charge in [0, 0.05) is 39.3 Å². The standard InChI is InChI=1S/C12H26N4/c1-14-6-2-4-13-5-9-15-7-3-8-16(12-15)11-10-14/h13H,2-12H2,1H3. The summed E-state index contributed by atoms with van der Waals surface area (Å²) in [6.45, 7) is 11.0. The van der Waals surface area contributed by atoms with E-state index in [0.717, 1.165) is 6.54 Å². The lowest BCUT2D eigenvalue weighted by atomic mass is 10.2. The summed E-state index contributed by atoms with van der Waals surface area (Å²) in [5.74, 6) is 0. The molecule has 4 heteroatoms. The summed E-state index contributed by atoms with van der Waals surface area (Å²) in [4.78, 5) is 7.64. The molecule has 0 aromatic heterocycles. The molecule has 0 aromatic rings. The molecule has 2 bridgehead atoms. The van der Waals surface area contributed by atoms with Crippen LogP contribution >= 0.6 is 0 Å². The first-order valence-electron chi connectivity index (χ1n) is 6.68.